The van der Waals surface area contributed by atoms with E-state index in [4.69, 9.17) is 23.2 Å². The first kappa shape index (κ1) is 17.4. The minimum atomic E-state index is -1.02. The Hall–Kier alpha value is -2.04. The molecule has 2 aliphatic rings. The lowest BCUT2D eigenvalue weighted by molar-refractivity contribution is -0.132. The van der Waals surface area contributed by atoms with Gasteiger partial charge in [-0.25, -0.2) is 0 Å². The van der Waals surface area contributed by atoms with Crippen molar-refractivity contribution < 1.29 is 9.59 Å². The van der Waals surface area contributed by atoms with Crippen molar-refractivity contribution in [3.05, 3.63) is 58.1 Å². The number of carbonyl (C=O) groups is 2. The first-order valence-electron chi connectivity index (χ1n) is 8.60. The molecule has 1 heterocycles. The van der Waals surface area contributed by atoms with E-state index in [1.165, 1.54) is 0 Å². The number of hydrogen-bond donors (Lipinski definition) is 1. The zero-order valence-corrected chi connectivity index (χ0v) is 15.8. The monoisotopic (exact) mass is 388 g/mol. The molecule has 1 aliphatic carbocycles. The van der Waals surface area contributed by atoms with Gasteiger partial charge in [0.1, 0.15) is 5.41 Å². The fourth-order valence-corrected chi connectivity index (χ4v) is 3.94. The molecule has 0 spiro atoms. The maximum absolute atomic E-state index is 13.3. The highest BCUT2D eigenvalue weighted by atomic mass is 35.5. The zero-order valence-electron chi connectivity index (χ0n) is 14.3. The van der Waals surface area contributed by atoms with Gasteiger partial charge in [0.05, 0.1) is 10.7 Å². The molecule has 2 amide bonds. The first-order chi connectivity index (χ1) is 12.4. The second-order valence-electron chi connectivity index (χ2n) is 7.02. The van der Waals surface area contributed by atoms with Crippen LogP contribution in [-0.2, 0) is 16.0 Å². The van der Waals surface area contributed by atoms with E-state index in [2.05, 4.69) is 5.32 Å². The molecule has 1 atom stereocenters. The Bertz CT molecular complexity index is 908. The maximum atomic E-state index is 13.3. The third-order valence-electron chi connectivity index (χ3n) is 5.20. The summed E-state index contributed by atoms with van der Waals surface area (Å²) in [5, 5.41) is 3.66. The Morgan fingerprint density at radius 3 is 2.62 bits per heavy atom. The maximum Gasteiger partial charge on any atom is 0.242 e. The summed E-state index contributed by atoms with van der Waals surface area (Å²) >= 11 is 12.1. The van der Waals surface area contributed by atoms with E-state index in [1.807, 2.05) is 31.2 Å². The summed E-state index contributed by atoms with van der Waals surface area (Å²) in [6.07, 6.45) is 1.89. The molecule has 2 aromatic carbocycles. The summed E-state index contributed by atoms with van der Waals surface area (Å²) in [5.74, 6) is -0.450. The second kappa shape index (κ2) is 6.29. The van der Waals surface area contributed by atoms with E-state index >= 15 is 0 Å². The number of amides is 2. The van der Waals surface area contributed by atoms with Gasteiger partial charge >= 0.3 is 0 Å². The highest BCUT2D eigenvalue weighted by Crippen LogP contribution is 2.50. The predicted octanol–water partition coefficient (Wildman–Crippen LogP) is 4.69. The van der Waals surface area contributed by atoms with Gasteiger partial charge in [0, 0.05) is 16.8 Å². The van der Waals surface area contributed by atoms with E-state index in [9.17, 15) is 9.59 Å². The largest absolute Gasteiger partial charge is 0.324 e. The molecule has 6 heteroatoms. The average molecular weight is 389 g/mol. The molecule has 4 rings (SSSR count). The van der Waals surface area contributed by atoms with E-state index in [-0.39, 0.29) is 17.9 Å². The van der Waals surface area contributed by atoms with Crippen LogP contribution >= 0.6 is 23.2 Å². The Morgan fingerprint density at radius 1 is 1.15 bits per heavy atom. The standard InChI is InChI=1S/C20H18Cl2N2O2/c1-12-10-13-4-2-3-5-17(13)24(12)19(26)20(8-9-20)18(25)23-16-11-14(21)6-7-15(16)22/h2-7,11-12H,8-10H2,1H3,(H,23,25). The molecule has 0 saturated heterocycles. The van der Waals surface area contributed by atoms with E-state index < -0.39 is 5.41 Å². The SMILES string of the molecule is CC1Cc2ccccc2N1C(=O)C1(C(=O)Nc2cc(Cl)ccc2Cl)CC1. The molecule has 4 nitrogen and oxygen atoms in total. The molecule has 0 aromatic heterocycles. The van der Waals surface area contributed by atoms with Crippen molar-refractivity contribution in [2.45, 2.75) is 32.2 Å². The minimum absolute atomic E-state index is 0.0416. The topological polar surface area (TPSA) is 49.4 Å². The summed E-state index contributed by atoms with van der Waals surface area (Å²) < 4.78 is 0. The number of benzene rings is 2. The van der Waals surface area contributed by atoms with Gasteiger partial charge in [-0.15, -0.1) is 0 Å². The molecule has 1 saturated carbocycles. The predicted molar refractivity (Wildman–Crippen MR) is 104 cm³/mol. The van der Waals surface area contributed by atoms with Crippen molar-refractivity contribution in [2.24, 2.45) is 5.41 Å². The second-order valence-corrected chi connectivity index (χ2v) is 7.86. The van der Waals surface area contributed by atoms with Gasteiger partial charge in [0.25, 0.3) is 0 Å². The van der Waals surface area contributed by atoms with Crippen molar-refractivity contribution in [1.29, 1.82) is 0 Å². The molecule has 1 fully saturated rings. The number of para-hydroxylation sites is 1. The van der Waals surface area contributed by atoms with Gasteiger partial charge in [-0.2, -0.15) is 0 Å². The molecular formula is C20H18Cl2N2O2. The van der Waals surface area contributed by atoms with Crippen molar-refractivity contribution in [3.8, 4) is 0 Å². The number of rotatable bonds is 3. The number of nitrogens with one attached hydrogen (secondary N) is 1. The molecule has 134 valence electrons. The van der Waals surface area contributed by atoms with Crippen LogP contribution in [0.15, 0.2) is 42.5 Å². The van der Waals surface area contributed by atoms with Crippen LogP contribution in [0.2, 0.25) is 10.0 Å². The smallest absolute Gasteiger partial charge is 0.242 e. The van der Waals surface area contributed by atoms with Crippen LogP contribution in [0.3, 0.4) is 0 Å². The summed E-state index contributed by atoms with van der Waals surface area (Å²) in [6, 6.07) is 12.8. The number of fused-ring (bicyclic) bond motifs is 1. The number of anilines is 2. The van der Waals surface area contributed by atoms with Gasteiger partial charge < -0.3 is 10.2 Å². The Balaban J connectivity index is 1.60. The van der Waals surface area contributed by atoms with Gasteiger partial charge in [-0.3, -0.25) is 9.59 Å². The van der Waals surface area contributed by atoms with Crippen LogP contribution in [0.5, 0.6) is 0 Å². The Kier molecular flexibility index (Phi) is 4.20. The quantitative estimate of drug-likeness (QED) is 0.775. The third kappa shape index (κ3) is 2.78. The zero-order chi connectivity index (χ0) is 18.5. The molecule has 0 bridgehead atoms. The number of halogens is 2. The van der Waals surface area contributed by atoms with E-state index in [0.717, 1.165) is 17.7 Å². The van der Waals surface area contributed by atoms with E-state index in [0.29, 0.717) is 28.6 Å². The number of hydrogen-bond acceptors (Lipinski definition) is 2. The first-order valence-corrected chi connectivity index (χ1v) is 9.36. The summed E-state index contributed by atoms with van der Waals surface area (Å²) in [4.78, 5) is 28.0. The van der Waals surface area contributed by atoms with Crippen LogP contribution in [-0.4, -0.2) is 17.9 Å². The van der Waals surface area contributed by atoms with Crippen LogP contribution in [0, 0.1) is 5.41 Å². The summed E-state index contributed by atoms with van der Waals surface area (Å²) in [7, 11) is 0. The number of nitrogens with zero attached hydrogens (tertiary/aromatic N) is 1. The Labute approximate surface area is 162 Å². The van der Waals surface area contributed by atoms with Gasteiger partial charge in [-0.05, 0) is 56.0 Å². The van der Waals surface area contributed by atoms with Crippen LogP contribution in [0.1, 0.15) is 25.3 Å². The molecule has 2 aromatic rings. The molecule has 26 heavy (non-hydrogen) atoms. The average Bonchev–Trinajstić information content (AvgIpc) is 3.35. The molecular weight excluding hydrogens is 371 g/mol. The summed E-state index contributed by atoms with van der Waals surface area (Å²) in [6.45, 7) is 2.01. The number of carbonyl (C=O) groups excluding carboxylic acids is 2. The van der Waals surface area contributed by atoms with Crippen molar-refractivity contribution in [1.82, 2.24) is 0 Å². The van der Waals surface area contributed by atoms with Crippen LogP contribution in [0.25, 0.3) is 0 Å². The molecule has 1 aliphatic heterocycles. The third-order valence-corrected chi connectivity index (χ3v) is 5.76. The van der Waals surface area contributed by atoms with Crippen molar-refractivity contribution in [3.63, 3.8) is 0 Å². The lowest BCUT2D eigenvalue weighted by Gasteiger charge is -2.27. The molecule has 1 unspecified atom stereocenters. The fourth-order valence-electron chi connectivity index (χ4n) is 3.60. The van der Waals surface area contributed by atoms with Gasteiger partial charge in [0.2, 0.25) is 11.8 Å². The molecule has 1 N–H and O–H groups in total. The van der Waals surface area contributed by atoms with Gasteiger partial charge in [-0.1, -0.05) is 41.4 Å². The highest BCUT2D eigenvalue weighted by molar-refractivity contribution is 6.36. The van der Waals surface area contributed by atoms with Crippen LogP contribution in [0.4, 0.5) is 11.4 Å². The summed E-state index contributed by atoms with van der Waals surface area (Å²) in [5.41, 5.74) is 1.46. The van der Waals surface area contributed by atoms with Crippen molar-refractivity contribution >= 4 is 46.4 Å². The lowest BCUT2D eigenvalue weighted by Crippen LogP contribution is -2.45. The van der Waals surface area contributed by atoms with Gasteiger partial charge in [0.15, 0.2) is 0 Å². The molecule has 0 radical (unpaired) electrons. The van der Waals surface area contributed by atoms with Crippen molar-refractivity contribution in [2.75, 3.05) is 10.2 Å². The highest BCUT2D eigenvalue weighted by Gasteiger charge is 2.59. The van der Waals surface area contributed by atoms with Crippen LogP contribution < -0.4 is 10.2 Å². The normalized spacial score (nSPS) is 19.8. The minimum Gasteiger partial charge on any atom is -0.324 e. The fraction of sp³-hybridized carbons (Fsp3) is 0.300. The van der Waals surface area contributed by atoms with E-state index in [1.54, 1.807) is 23.1 Å². The Morgan fingerprint density at radius 2 is 1.88 bits per heavy atom. The lowest BCUT2D eigenvalue weighted by atomic mass is 10.0.